The molecule has 2 aromatic rings. The smallest absolute Gasteiger partial charge is 0.487 e. The second kappa shape index (κ2) is 8.87. The first-order valence-corrected chi connectivity index (χ1v) is 11.7. The molecule has 5 rings (SSSR count). The summed E-state index contributed by atoms with van der Waals surface area (Å²) in [7, 11) is -1.45. The molecule has 0 spiro atoms. The van der Waals surface area contributed by atoms with Gasteiger partial charge in [0, 0.05) is 0 Å². The lowest BCUT2D eigenvalue weighted by atomic mass is 9.55. The van der Waals surface area contributed by atoms with E-state index in [-0.39, 0.29) is 24.7 Å². The summed E-state index contributed by atoms with van der Waals surface area (Å²) in [4.78, 5) is 27.4. The molecule has 0 bridgehead atoms. The molecule has 2 fully saturated rings. The van der Waals surface area contributed by atoms with Gasteiger partial charge in [0.15, 0.2) is 0 Å². The molecule has 2 aliphatic heterocycles. The molecular formula is C25H20BF6NO5. The number of hydrogen-bond donors (Lipinski definition) is 2. The molecule has 38 heavy (non-hydrogen) atoms. The molecule has 4 atom stereocenters. The number of hydrogen-bond acceptors (Lipinski definition) is 5. The van der Waals surface area contributed by atoms with E-state index in [1.807, 2.05) is 0 Å². The van der Waals surface area contributed by atoms with Gasteiger partial charge in [-0.25, -0.2) is 4.90 Å². The van der Waals surface area contributed by atoms with E-state index < -0.39 is 72.0 Å². The van der Waals surface area contributed by atoms with Gasteiger partial charge in [0.25, 0.3) is 0 Å². The Kier molecular flexibility index (Phi) is 6.14. The summed E-state index contributed by atoms with van der Waals surface area (Å²) >= 11 is 0. The van der Waals surface area contributed by atoms with E-state index in [4.69, 9.17) is 4.65 Å². The van der Waals surface area contributed by atoms with Crippen molar-refractivity contribution < 1.29 is 50.7 Å². The highest BCUT2D eigenvalue weighted by atomic mass is 19.4. The third-order valence-electron chi connectivity index (χ3n) is 7.43. The Hall–Kier alpha value is -3.32. The van der Waals surface area contributed by atoms with E-state index >= 15 is 0 Å². The fourth-order valence-electron chi connectivity index (χ4n) is 5.82. The molecule has 200 valence electrons. The second-order valence-corrected chi connectivity index (χ2v) is 9.76. The number of rotatable bonds is 2. The molecule has 2 saturated heterocycles. The predicted octanol–water partition coefficient (Wildman–Crippen LogP) is 5.05. The van der Waals surface area contributed by atoms with E-state index in [9.17, 15) is 46.1 Å². The lowest BCUT2D eigenvalue weighted by Gasteiger charge is -2.41. The number of phenolic OH excluding ortho intramolecular Hbond substituents is 1. The van der Waals surface area contributed by atoms with Gasteiger partial charge in [0.1, 0.15) is 5.75 Å². The van der Waals surface area contributed by atoms with Crippen molar-refractivity contribution in [3.8, 4) is 5.75 Å². The Bertz CT molecular complexity index is 1320. The van der Waals surface area contributed by atoms with Crippen molar-refractivity contribution in [2.45, 2.75) is 38.2 Å². The molecule has 0 radical (unpaired) electrons. The molecule has 6 nitrogen and oxygen atoms in total. The topological polar surface area (TPSA) is 87.1 Å². The van der Waals surface area contributed by atoms with Crippen molar-refractivity contribution in [3.05, 3.63) is 70.2 Å². The van der Waals surface area contributed by atoms with Crippen molar-refractivity contribution in [2.24, 2.45) is 17.8 Å². The lowest BCUT2D eigenvalue weighted by molar-refractivity contribution is -0.143. The number of aromatic hydroxyl groups is 1. The molecule has 3 aliphatic rings. The molecule has 0 saturated carbocycles. The van der Waals surface area contributed by atoms with Gasteiger partial charge in [-0.3, -0.25) is 9.59 Å². The van der Waals surface area contributed by atoms with Crippen molar-refractivity contribution in [2.75, 3.05) is 4.90 Å². The zero-order valence-electron chi connectivity index (χ0n) is 19.7. The minimum Gasteiger partial charge on any atom is -0.508 e. The number of phenols is 1. The Labute approximate surface area is 212 Å². The summed E-state index contributed by atoms with van der Waals surface area (Å²) in [5.74, 6) is -4.83. The number of imide groups is 1. The molecule has 2 heterocycles. The molecule has 13 heteroatoms. The Balaban J connectivity index is 1.56. The van der Waals surface area contributed by atoms with Crippen LogP contribution in [0.3, 0.4) is 0 Å². The predicted molar refractivity (Wildman–Crippen MR) is 121 cm³/mol. The van der Waals surface area contributed by atoms with Gasteiger partial charge < -0.3 is 14.8 Å². The van der Waals surface area contributed by atoms with Crippen molar-refractivity contribution in [1.82, 2.24) is 0 Å². The van der Waals surface area contributed by atoms with Crippen LogP contribution in [0.1, 0.15) is 42.6 Å². The highest BCUT2D eigenvalue weighted by molar-refractivity contribution is 6.53. The van der Waals surface area contributed by atoms with Crippen LogP contribution in [-0.2, 0) is 26.6 Å². The minimum absolute atomic E-state index is 0.0140. The van der Waals surface area contributed by atoms with Crippen LogP contribution in [0.5, 0.6) is 5.75 Å². The fourth-order valence-corrected chi connectivity index (χ4v) is 5.82. The number of carbonyl (C=O) groups is 2. The molecule has 2 N–H and O–H groups in total. The minimum atomic E-state index is -5.15. The third-order valence-corrected chi connectivity index (χ3v) is 7.43. The molecule has 0 aromatic heterocycles. The average Bonchev–Trinajstić information content (AvgIpc) is 3.06. The first-order chi connectivity index (χ1) is 17.7. The van der Waals surface area contributed by atoms with Gasteiger partial charge in [-0.15, -0.1) is 0 Å². The Morgan fingerprint density at radius 3 is 2.16 bits per heavy atom. The van der Waals surface area contributed by atoms with Crippen molar-refractivity contribution >= 4 is 24.6 Å². The van der Waals surface area contributed by atoms with Crippen molar-refractivity contribution in [1.29, 1.82) is 0 Å². The number of halogens is 6. The largest absolute Gasteiger partial charge is 0.508 e. The van der Waals surface area contributed by atoms with Crippen LogP contribution in [0.4, 0.5) is 32.0 Å². The molecule has 0 unspecified atom stereocenters. The summed E-state index contributed by atoms with van der Waals surface area (Å²) in [5.41, 5.74) is -2.68. The van der Waals surface area contributed by atoms with Crippen LogP contribution < -0.4 is 4.90 Å². The first-order valence-electron chi connectivity index (χ1n) is 11.7. The maximum absolute atomic E-state index is 13.6. The highest BCUT2D eigenvalue weighted by Crippen LogP contribution is 2.52. The summed E-state index contributed by atoms with van der Waals surface area (Å²) in [5, 5.41) is 20.6. The lowest BCUT2D eigenvalue weighted by Crippen LogP contribution is -2.44. The van der Waals surface area contributed by atoms with Gasteiger partial charge >= 0.3 is 19.5 Å². The van der Waals surface area contributed by atoms with Crippen LogP contribution in [0.25, 0.3) is 0 Å². The van der Waals surface area contributed by atoms with Gasteiger partial charge in [-0.05, 0) is 67.1 Å². The first kappa shape index (κ1) is 26.3. The van der Waals surface area contributed by atoms with E-state index in [1.54, 1.807) is 19.1 Å². The number of alkyl halides is 6. The molecule has 2 amide bonds. The maximum Gasteiger partial charge on any atom is 0.487 e. The van der Waals surface area contributed by atoms with E-state index in [2.05, 4.69) is 0 Å². The Morgan fingerprint density at radius 1 is 0.947 bits per heavy atom. The zero-order valence-corrected chi connectivity index (χ0v) is 19.7. The number of allylic oxidation sites excluding steroid dienone is 2. The maximum atomic E-state index is 13.6. The van der Waals surface area contributed by atoms with Gasteiger partial charge in [0.2, 0.25) is 11.8 Å². The van der Waals surface area contributed by atoms with Gasteiger partial charge in [-0.1, -0.05) is 17.7 Å². The quantitative estimate of drug-likeness (QED) is 0.317. The summed E-state index contributed by atoms with van der Waals surface area (Å²) < 4.78 is 86.4. The summed E-state index contributed by atoms with van der Waals surface area (Å²) in [6, 6.07) is 6.67. The van der Waals surface area contributed by atoms with E-state index in [0.717, 1.165) is 0 Å². The van der Waals surface area contributed by atoms with Crippen LogP contribution >= 0.6 is 0 Å². The number of carbonyl (C=O) groups excluding carboxylic acids is 2. The summed E-state index contributed by atoms with van der Waals surface area (Å²) in [6.07, 6.45) is -11.0. The van der Waals surface area contributed by atoms with Crippen molar-refractivity contribution in [3.63, 3.8) is 0 Å². The Morgan fingerprint density at radius 2 is 1.58 bits per heavy atom. The van der Waals surface area contributed by atoms with E-state index in [0.29, 0.717) is 33.6 Å². The van der Waals surface area contributed by atoms with Crippen LogP contribution in [0.2, 0.25) is 0 Å². The normalized spacial score (nSPS) is 26.1. The summed E-state index contributed by atoms with van der Waals surface area (Å²) in [6.45, 7) is 1.63. The zero-order chi connectivity index (χ0) is 27.7. The van der Waals surface area contributed by atoms with Crippen LogP contribution in [0, 0.1) is 17.8 Å². The van der Waals surface area contributed by atoms with E-state index in [1.165, 1.54) is 12.1 Å². The molecule has 1 aliphatic carbocycles. The third kappa shape index (κ3) is 4.37. The standard InChI is InChI=1S/C25H20BF6NO5/c1-11-5-18-20(17-10-19(38-26(37)21(11)17)12-3-2-4-16(34)6-12)23(36)33(22(18)35)15-8-13(24(27,28)29)7-14(9-15)25(30,31)32/h2-4,6-9,17-20,34,37H,5,10H2,1H3/t17-,18-,19-,20+/m0/s1. The fraction of sp³-hybridized carbons (Fsp3) is 0.360. The van der Waals surface area contributed by atoms with Gasteiger partial charge in [-0.2, -0.15) is 26.3 Å². The SMILES string of the molecule is CC1=C2B(O)O[C@H](c3cccc(O)c3)C[C@H]2[C@H]2C(=O)N(c3cc(C(F)(F)F)cc(C(F)(F)F)c3)C(=O)[C@H]2C1. The number of anilines is 1. The molecule has 2 aromatic carbocycles. The number of nitrogens with zero attached hydrogens (tertiary/aromatic N) is 1. The second-order valence-electron chi connectivity index (χ2n) is 9.76. The number of fused-ring (bicyclic) bond motifs is 3. The monoisotopic (exact) mass is 539 g/mol. The number of amides is 2. The highest BCUT2D eigenvalue weighted by Gasteiger charge is 2.58. The van der Waals surface area contributed by atoms with Gasteiger partial charge in [0.05, 0.1) is 34.8 Å². The van der Waals surface area contributed by atoms with Crippen LogP contribution in [-0.4, -0.2) is 29.1 Å². The number of benzene rings is 2. The molecular weight excluding hydrogens is 519 g/mol. The van der Waals surface area contributed by atoms with Crippen LogP contribution in [0.15, 0.2) is 53.5 Å². The average molecular weight is 539 g/mol.